The highest BCUT2D eigenvalue weighted by molar-refractivity contribution is 5.58. The molecule has 0 radical (unpaired) electrons. The quantitative estimate of drug-likeness (QED) is 0.860. The van der Waals surface area contributed by atoms with Gasteiger partial charge in [-0.1, -0.05) is 0 Å². The molecule has 1 aromatic heterocycles. The average Bonchev–Trinajstić information content (AvgIpc) is 2.65. The van der Waals surface area contributed by atoms with Crippen molar-refractivity contribution in [1.82, 2.24) is 4.98 Å². The van der Waals surface area contributed by atoms with Gasteiger partial charge in [-0.05, 0) is 38.1 Å². The molecule has 1 heterocycles. The third kappa shape index (κ3) is 2.34. The summed E-state index contributed by atoms with van der Waals surface area (Å²) in [5, 5.41) is 0. The largest absolute Gasteiger partial charge is 0.491 e. The molecule has 2 rings (SSSR count). The van der Waals surface area contributed by atoms with E-state index in [0.29, 0.717) is 5.76 Å². The van der Waals surface area contributed by atoms with Crippen LogP contribution in [-0.2, 0) is 0 Å². The van der Waals surface area contributed by atoms with E-state index < -0.39 is 0 Å². The predicted octanol–water partition coefficient (Wildman–Crippen LogP) is 2.71. The fourth-order valence-corrected chi connectivity index (χ4v) is 1.39. The molecular weight excluding hydrogens is 204 g/mol. The van der Waals surface area contributed by atoms with E-state index in [1.54, 1.807) is 6.20 Å². The van der Waals surface area contributed by atoms with Gasteiger partial charge in [0, 0.05) is 5.56 Å². The number of nitrogens with zero attached hydrogens (tertiary/aromatic N) is 1. The SMILES string of the molecule is CC(C)Oc1ccc(-c2cnc(N)o2)cc1. The molecule has 1 aromatic carbocycles. The zero-order valence-electron chi connectivity index (χ0n) is 9.31. The Morgan fingerprint density at radius 2 is 1.94 bits per heavy atom. The Bertz CT molecular complexity index is 460. The smallest absolute Gasteiger partial charge is 0.292 e. The van der Waals surface area contributed by atoms with Gasteiger partial charge in [0.1, 0.15) is 5.75 Å². The Kier molecular flexibility index (Phi) is 2.81. The molecule has 0 aliphatic carbocycles. The Morgan fingerprint density at radius 3 is 2.44 bits per heavy atom. The van der Waals surface area contributed by atoms with Crippen molar-refractivity contribution in [3.8, 4) is 17.1 Å². The van der Waals surface area contributed by atoms with Crippen molar-refractivity contribution in [3.63, 3.8) is 0 Å². The van der Waals surface area contributed by atoms with Crippen molar-refractivity contribution in [3.05, 3.63) is 30.5 Å². The van der Waals surface area contributed by atoms with E-state index in [9.17, 15) is 0 Å². The number of nitrogen functional groups attached to an aromatic ring is 1. The maximum Gasteiger partial charge on any atom is 0.292 e. The second-order valence-corrected chi connectivity index (χ2v) is 3.75. The van der Waals surface area contributed by atoms with E-state index in [2.05, 4.69) is 4.98 Å². The van der Waals surface area contributed by atoms with Crippen LogP contribution in [0.5, 0.6) is 5.75 Å². The molecule has 0 spiro atoms. The van der Waals surface area contributed by atoms with Crippen LogP contribution in [0, 0.1) is 0 Å². The van der Waals surface area contributed by atoms with Gasteiger partial charge < -0.3 is 14.9 Å². The fourth-order valence-electron chi connectivity index (χ4n) is 1.39. The van der Waals surface area contributed by atoms with Gasteiger partial charge in [-0.15, -0.1) is 0 Å². The summed E-state index contributed by atoms with van der Waals surface area (Å²) in [7, 11) is 0. The van der Waals surface area contributed by atoms with E-state index in [0.717, 1.165) is 11.3 Å². The molecular formula is C12H14N2O2. The van der Waals surface area contributed by atoms with Gasteiger partial charge in [-0.3, -0.25) is 0 Å². The number of ether oxygens (including phenoxy) is 1. The van der Waals surface area contributed by atoms with Crippen molar-refractivity contribution in [2.75, 3.05) is 5.73 Å². The molecule has 0 unspecified atom stereocenters. The van der Waals surface area contributed by atoms with Crippen molar-refractivity contribution >= 4 is 6.01 Å². The predicted molar refractivity (Wildman–Crippen MR) is 62.1 cm³/mol. The number of rotatable bonds is 3. The van der Waals surface area contributed by atoms with Crippen LogP contribution in [0.25, 0.3) is 11.3 Å². The lowest BCUT2D eigenvalue weighted by atomic mass is 10.2. The highest BCUT2D eigenvalue weighted by Crippen LogP contribution is 2.24. The van der Waals surface area contributed by atoms with Crippen molar-refractivity contribution < 1.29 is 9.15 Å². The third-order valence-electron chi connectivity index (χ3n) is 2.03. The number of hydrogen-bond acceptors (Lipinski definition) is 4. The van der Waals surface area contributed by atoms with Crippen LogP contribution in [0.3, 0.4) is 0 Å². The molecule has 84 valence electrons. The fraction of sp³-hybridized carbons (Fsp3) is 0.250. The summed E-state index contributed by atoms with van der Waals surface area (Å²) in [6, 6.07) is 7.80. The number of aromatic nitrogens is 1. The zero-order valence-corrected chi connectivity index (χ0v) is 9.31. The van der Waals surface area contributed by atoms with Crippen molar-refractivity contribution in [2.24, 2.45) is 0 Å². The highest BCUT2D eigenvalue weighted by atomic mass is 16.5. The third-order valence-corrected chi connectivity index (χ3v) is 2.03. The Morgan fingerprint density at radius 1 is 1.25 bits per heavy atom. The minimum Gasteiger partial charge on any atom is -0.491 e. The van der Waals surface area contributed by atoms with E-state index in [-0.39, 0.29) is 12.1 Å². The molecule has 4 nitrogen and oxygen atoms in total. The first-order valence-electron chi connectivity index (χ1n) is 5.13. The minimum atomic E-state index is 0.173. The van der Waals surface area contributed by atoms with Crippen molar-refractivity contribution in [1.29, 1.82) is 0 Å². The van der Waals surface area contributed by atoms with Gasteiger partial charge in [-0.25, -0.2) is 4.98 Å². The van der Waals surface area contributed by atoms with Gasteiger partial charge in [0.25, 0.3) is 6.01 Å². The van der Waals surface area contributed by atoms with Gasteiger partial charge in [0.05, 0.1) is 12.3 Å². The van der Waals surface area contributed by atoms with Crippen LogP contribution < -0.4 is 10.5 Å². The first-order valence-corrected chi connectivity index (χ1v) is 5.13. The Hall–Kier alpha value is -1.97. The molecule has 0 aliphatic heterocycles. The lowest BCUT2D eigenvalue weighted by molar-refractivity contribution is 0.242. The number of nitrogens with two attached hydrogens (primary N) is 1. The molecule has 0 aliphatic rings. The van der Waals surface area contributed by atoms with Crippen LogP contribution in [0.15, 0.2) is 34.9 Å². The van der Waals surface area contributed by atoms with E-state index in [1.165, 1.54) is 0 Å². The average molecular weight is 218 g/mol. The Labute approximate surface area is 94.1 Å². The van der Waals surface area contributed by atoms with Crippen LogP contribution >= 0.6 is 0 Å². The summed E-state index contributed by atoms with van der Waals surface area (Å²) >= 11 is 0. The maximum atomic E-state index is 5.54. The number of anilines is 1. The van der Waals surface area contributed by atoms with Gasteiger partial charge >= 0.3 is 0 Å². The van der Waals surface area contributed by atoms with Crippen LogP contribution in [0.2, 0.25) is 0 Å². The molecule has 0 saturated heterocycles. The summed E-state index contributed by atoms with van der Waals surface area (Å²) in [6.45, 7) is 3.98. The molecule has 0 fully saturated rings. The highest BCUT2D eigenvalue weighted by Gasteiger charge is 2.04. The summed E-state index contributed by atoms with van der Waals surface area (Å²) in [5.74, 6) is 1.50. The zero-order chi connectivity index (χ0) is 11.5. The van der Waals surface area contributed by atoms with Crippen molar-refractivity contribution in [2.45, 2.75) is 20.0 Å². The number of benzene rings is 1. The summed E-state index contributed by atoms with van der Waals surface area (Å²) in [4.78, 5) is 3.84. The van der Waals surface area contributed by atoms with Crippen LogP contribution in [0.4, 0.5) is 6.01 Å². The normalized spacial score (nSPS) is 10.7. The molecule has 4 heteroatoms. The van der Waals surface area contributed by atoms with Crippen LogP contribution in [-0.4, -0.2) is 11.1 Å². The standard InChI is InChI=1S/C12H14N2O2/c1-8(2)15-10-5-3-9(4-6-10)11-7-14-12(13)16-11/h3-8H,1-2H3,(H2,13,14). The van der Waals surface area contributed by atoms with Gasteiger partial charge in [0.15, 0.2) is 5.76 Å². The van der Waals surface area contributed by atoms with Gasteiger partial charge in [-0.2, -0.15) is 0 Å². The molecule has 0 amide bonds. The second-order valence-electron chi connectivity index (χ2n) is 3.75. The van der Waals surface area contributed by atoms with E-state index >= 15 is 0 Å². The molecule has 0 bridgehead atoms. The van der Waals surface area contributed by atoms with E-state index in [1.807, 2.05) is 38.1 Å². The minimum absolute atomic E-state index is 0.173. The number of hydrogen-bond donors (Lipinski definition) is 1. The first-order chi connectivity index (χ1) is 7.65. The second kappa shape index (κ2) is 4.26. The lowest BCUT2D eigenvalue weighted by Crippen LogP contribution is -2.05. The van der Waals surface area contributed by atoms with Gasteiger partial charge in [0.2, 0.25) is 0 Å². The monoisotopic (exact) mass is 218 g/mol. The molecule has 2 aromatic rings. The lowest BCUT2D eigenvalue weighted by Gasteiger charge is -2.09. The molecule has 2 N–H and O–H groups in total. The summed E-state index contributed by atoms with van der Waals surface area (Å²) < 4.78 is 10.8. The van der Waals surface area contributed by atoms with E-state index in [4.69, 9.17) is 14.9 Å². The molecule has 0 atom stereocenters. The number of oxazole rings is 1. The topological polar surface area (TPSA) is 61.3 Å². The first kappa shape index (κ1) is 10.5. The van der Waals surface area contributed by atoms with Crippen LogP contribution in [0.1, 0.15) is 13.8 Å². The maximum absolute atomic E-state index is 5.54. The summed E-state index contributed by atoms with van der Waals surface area (Å²) in [6.07, 6.45) is 1.78. The summed E-state index contributed by atoms with van der Waals surface area (Å²) in [5.41, 5.74) is 6.34. The Balaban J connectivity index is 2.19. The molecule has 0 saturated carbocycles. The molecule has 16 heavy (non-hydrogen) atoms.